The molecule has 10 heteroatoms. The fourth-order valence-corrected chi connectivity index (χ4v) is 4.69. The predicted octanol–water partition coefficient (Wildman–Crippen LogP) is 0.527. The lowest BCUT2D eigenvalue weighted by molar-refractivity contribution is 0.0850. The number of nitrogens with zero attached hydrogens (tertiary/aromatic N) is 3. The minimum absolute atomic E-state index is 0.0705. The van der Waals surface area contributed by atoms with E-state index >= 15 is 0 Å². The molecule has 0 radical (unpaired) electrons. The standard InChI is InChI=1S/C17H22N6O3S/c1-19-27(25,26)22-9-7-13-15(10-22)23(21-16(13)18)17(24)12-6-8-20-14-5-3-2-4-11(12)14/h2-5,12,19-20H,6-10H2,1H3,(H2,18,21). The van der Waals surface area contributed by atoms with Crippen molar-refractivity contribution < 1.29 is 13.2 Å². The SMILES string of the molecule is CNS(=O)(=O)N1CCc2c(N)nn(C(=O)C3CCNc4ccccc43)c2C1. The van der Waals surface area contributed by atoms with E-state index < -0.39 is 10.2 Å². The van der Waals surface area contributed by atoms with Gasteiger partial charge in [-0.25, -0.2) is 9.40 Å². The van der Waals surface area contributed by atoms with Gasteiger partial charge in [0.1, 0.15) is 5.82 Å². The highest BCUT2D eigenvalue weighted by Crippen LogP contribution is 2.34. The lowest BCUT2D eigenvalue weighted by Gasteiger charge is -2.28. The first-order valence-electron chi connectivity index (χ1n) is 8.84. The highest BCUT2D eigenvalue weighted by molar-refractivity contribution is 7.87. The number of carbonyl (C=O) groups is 1. The second-order valence-electron chi connectivity index (χ2n) is 6.71. The van der Waals surface area contributed by atoms with Gasteiger partial charge in [-0.15, -0.1) is 5.10 Å². The van der Waals surface area contributed by atoms with Gasteiger partial charge in [0.2, 0.25) is 0 Å². The molecule has 4 N–H and O–H groups in total. The molecular formula is C17H22N6O3S. The van der Waals surface area contributed by atoms with E-state index in [9.17, 15) is 13.2 Å². The molecule has 1 atom stereocenters. The number of carbonyl (C=O) groups excluding carboxylic acids is 1. The summed E-state index contributed by atoms with van der Waals surface area (Å²) in [5.41, 5.74) is 9.21. The molecule has 9 nitrogen and oxygen atoms in total. The van der Waals surface area contributed by atoms with Crippen LogP contribution in [-0.4, -0.2) is 48.5 Å². The van der Waals surface area contributed by atoms with Crippen LogP contribution < -0.4 is 15.8 Å². The summed E-state index contributed by atoms with van der Waals surface area (Å²) < 4.78 is 29.3. The van der Waals surface area contributed by atoms with Crippen molar-refractivity contribution >= 4 is 27.6 Å². The quantitative estimate of drug-likeness (QED) is 0.703. The van der Waals surface area contributed by atoms with Crippen LogP contribution in [0.4, 0.5) is 11.5 Å². The van der Waals surface area contributed by atoms with E-state index in [0.29, 0.717) is 37.4 Å². The molecule has 1 aromatic heterocycles. The van der Waals surface area contributed by atoms with Crippen LogP contribution >= 0.6 is 0 Å². The molecule has 0 bridgehead atoms. The number of fused-ring (bicyclic) bond motifs is 2. The number of aromatic nitrogens is 2. The van der Waals surface area contributed by atoms with Crippen molar-refractivity contribution in [1.82, 2.24) is 18.8 Å². The van der Waals surface area contributed by atoms with E-state index in [4.69, 9.17) is 5.73 Å². The summed E-state index contributed by atoms with van der Waals surface area (Å²) in [5.74, 6) is -0.232. The zero-order valence-electron chi connectivity index (χ0n) is 15.0. The zero-order valence-corrected chi connectivity index (χ0v) is 15.8. The van der Waals surface area contributed by atoms with Gasteiger partial charge in [0, 0.05) is 31.4 Å². The molecule has 2 aliphatic rings. The van der Waals surface area contributed by atoms with Crippen LogP contribution in [0.3, 0.4) is 0 Å². The topological polar surface area (TPSA) is 122 Å². The van der Waals surface area contributed by atoms with Crippen molar-refractivity contribution in [2.75, 3.05) is 31.2 Å². The lowest BCUT2D eigenvalue weighted by atomic mass is 9.90. The van der Waals surface area contributed by atoms with Crippen molar-refractivity contribution in [2.24, 2.45) is 0 Å². The molecule has 27 heavy (non-hydrogen) atoms. The van der Waals surface area contributed by atoms with Crippen LogP contribution in [0.5, 0.6) is 0 Å². The van der Waals surface area contributed by atoms with Gasteiger partial charge in [-0.2, -0.15) is 12.7 Å². The van der Waals surface area contributed by atoms with Crippen LogP contribution in [0, 0.1) is 0 Å². The Hall–Kier alpha value is -2.43. The van der Waals surface area contributed by atoms with Gasteiger partial charge in [0.25, 0.3) is 16.1 Å². The van der Waals surface area contributed by atoms with Crippen molar-refractivity contribution in [3.8, 4) is 0 Å². The number of anilines is 2. The molecule has 0 fully saturated rings. The Morgan fingerprint density at radius 3 is 2.93 bits per heavy atom. The van der Waals surface area contributed by atoms with Crippen molar-refractivity contribution in [3.05, 3.63) is 41.1 Å². The fraction of sp³-hybridized carbons (Fsp3) is 0.412. The summed E-state index contributed by atoms with van der Waals surface area (Å²) in [5, 5.41) is 7.56. The Labute approximate surface area is 157 Å². The zero-order chi connectivity index (χ0) is 19.2. The Morgan fingerprint density at radius 1 is 1.37 bits per heavy atom. The number of nitrogens with two attached hydrogens (primary N) is 1. The molecular weight excluding hydrogens is 368 g/mol. The number of rotatable bonds is 3. The average molecular weight is 390 g/mol. The number of para-hydroxylation sites is 1. The molecule has 2 aromatic rings. The van der Waals surface area contributed by atoms with E-state index in [1.54, 1.807) is 0 Å². The van der Waals surface area contributed by atoms with E-state index in [0.717, 1.165) is 16.8 Å². The number of benzene rings is 1. The maximum Gasteiger partial charge on any atom is 0.279 e. The van der Waals surface area contributed by atoms with Gasteiger partial charge in [0.15, 0.2) is 0 Å². The van der Waals surface area contributed by atoms with E-state index in [1.807, 2.05) is 24.3 Å². The summed E-state index contributed by atoms with van der Waals surface area (Å²) in [6, 6.07) is 7.71. The van der Waals surface area contributed by atoms with E-state index in [1.165, 1.54) is 16.0 Å². The summed E-state index contributed by atoms with van der Waals surface area (Å²) in [7, 11) is -2.22. The van der Waals surface area contributed by atoms with Gasteiger partial charge in [0.05, 0.1) is 18.2 Å². The maximum absolute atomic E-state index is 13.3. The molecule has 0 amide bonds. The number of hydrogen-bond donors (Lipinski definition) is 3. The molecule has 4 rings (SSSR count). The monoisotopic (exact) mass is 390 g/mol. The Morgan fingerprint density at radius 2 is 2.15 bits per heavy atom. The normalized spacial score (nSPS) is 19.8. The van der Waals surface area contributed by atoms with Crippen LogP contribution in [0.25, 0.3) is 0 Å². The number of hydrogen-bond acceptors (Lipinski definition) is 6. The van der Waals surface area contributed by atoms with Crippen LogP contribution in [0.2, 0.25) is 0 Å². The van der Waals surface area contributed by atoms with E-state index in [-0.39, 0.29) is 18.4 Å². The Bertz CT molecular complexity index is 1000. The molecule has 2 aliphatic heterocycles. The fourth-order valence-electron chi connectivity index (χ4n) is 3.81. The van der Waals surface area contributed by atoms with Gasteiger partial charge < -0.3 is 11.1 Å². The van der Waals surface area contributed by atoms with Gasteiger partial charge in [-0.3, -0.25) is 4.79 Å². The van der Waals surface area contributed by atoms with E-state index in [2.05, 4.69) is 15.1 Å². The second kappa shape index (κ2) is 6.63. The number of nitrogen functional groups attached to an aromatic ring is 1. The highest BCUT2D eigenvalue weighted by atomic mass is 32.2. The molecule has 3 heterocycles. The summed E-state index contributed by atoms with van der Waals surface area (Å²) >= 11 is 0. The Kier molecular flexibility index (Phi) is 4.41. The summed E-state index contributed by atoms with van der Waals surface area (Å²) in [6.07, 6.45) is 1.07. The molecule has 0 spiro atoms. The van der Waals surface area contributed by atoms with Gasteiger partial charge in [-0.05, 0) is 24.5 Å². The maximum atomic E-state index is 13.3. The van der Waals surface area contributed by atoms with Crippen LogP contribution in [-0.2, 0) is 23.2 Å². The Balaban J connectivity index is 1.72. The third-order valence-electron chi connectivity index (χ3n) is 5.25. The smallest absolute Gasteiger partial charge is 0.279 e. The van der Waals surface area contributed by atoms with Gasteiger partial charge >= 0.3 is 0 Å². The lowest BCUT2D eigenvalue weighted by Crippen LogP contribution is -2.43. The first kappa shape index (κ1) is 18.0. The summed E-state index contributed by atoms with van der Waals surface area (Å²) in [4.78, 5) is 13.3. The predicted molar refractivity (Wildman–Crippen MR) is 102 cm³/mol. The third kappa shape index (κ3) is 2.99. The minimum Gasteiger partial charge on any atom is -0.385 e. The first-order chi connectivity index (χ1) is 12.9. The second-order valence-corrected chi connectivity index (χ2v) is 8.58. The number of nitrogens with one attached hydrogen (secondary N) is 2. The molecule has 1 aromatic carbocycles. The van der Waals surface area contributed by atoms with Gasteiger partial charge in [-0.1, -0.05) is 18.2 Å². The first-order valence-corrected chi connectivity index (χ1v) is 10.3. The molecule has 144 valence electrons. The van der Waals surface area contributed by atoms with Crippen molar-refractivity contribution in [3.63, 3.8) is 0 Å². The largest absolute Gasteiger partial charge is 0.385 e. The molecule has 1 unspecified atom stereocenters. The highest BCUT2D eigenvalue weighted by Gasteiger charge is 2.35. The minimum atomic E-state index is -3.59. The summed E-state index contributed by atoms with van der Waals surface area (Å²) in [6.45, 7) is 1.06. The van der Waals surface area contributed by atoms with Crippen molar-refractivity contribution in [2.45, 2.75) is 25.3 Å². The third-order valence-corrected chi connectivity index (χ3v) is 6.76. The molecule has 0 saturated carbocycles. The van der Waals surface area contributed by atoms with Crippen LogP contribution in [0.15, 0.2) is 24.3 Å². The molecule has 0 saturated heterocycles. The average Bonchev–Trinajstić information content (AvgIpc) is 3.03. The molecule has 0 aliphatic carbocycles. The van der Waals surface area contributed by atoms with Crippen molar-refractivity contribution in [1.29, 1.82) is 0 Å². The van der Waals surface area contributed by atoms with Crippen LogP contribution in [0.1, 0.15) is 34.0 Å².